The van der Waals surface area contributed by atoms with Crippen molar-refractivity contribution in [1.29, 1.82) is 0 Å². The first kappa shape index (κ1) is 10.9. The van der Waals surface area contributed by atoms with Gasteiger partial charge in [-0.15, -0.1) is 0 Å². The number of aromatic nitrogens is 3. The van der Waals surface area contributed by atoms with Crippen molar-refractivity contribution in [2.45, 2.75) is 13.5 Å². The molecule has 0 aliphatic carbocycles. The Hall–Kier alpha value is -2.20. The fourth-order valence-electron chi connectivity index (χ4n) is 2.11. The molecule has 0 amide bonds. The van der Waals surface area contributed by atoms with E-state index in [-0.39, 0.29) is 0 Å². The summed E-state index contributed by atoms with van der Waals surface area (Å²) in [6.45, 7) is 2.42. The van der Waals surface area contributed by atoms with Crippen molar-refractivity contribution < 1.29 is 0 Å². The van der Waals surface area contributed by atoms with Gasteiger partial charge in [-0.2, -0.15) is 0 Å². The summed E-state index contributed by atoms with van der Waals surface area (Å²) in [4.78, 5) is 8.92. The van der Waals surface area contributed by atoms with Crippen molar-refractivity contribution in [2.75, 3.05) is 0 Å². The van der Waals surface area contributed by atoms with Crippen LogP contribution >= 0.6 is 0 Å². The lowest BCUT2D eigenvalue weighted by Crippen LogP contribution is -2.07. The first-order chi connectivity index (χ1) is 8.79. The normalized spacial score (nSPS) is 11.0. The van der Waals surface area contributed by atoms with E-state index < -0.39 is 0 Å². The van der Waals surface area contributed by atoms with Crippen molar-refractivity contribution >= 4 is 10.9 Å². The standard InChI is InChI=1S/C14H14N4/c1-10-16-6-7-18(10)14-12(9-15)8-11-4-2-3-5-13(11)17-14/h2-8H,9,15H2,1H3. The van der Waals surface area contributed by atoms with Gasteiger partial charge in [-0.25, -0.2) is 9.97 Å². The quantitative estimate of drug-likeness (QED) is 0.744. The molecule has 0 spiro atoms. The number of fused-ring (bicyclic) bond motifs is 1. The van der Waals surface area contributed by atoms with E-state index in [4.69, 9.17) is 10.7 Å². The number of rotatable bonds is 2. The van der Waals surface area contributed by atoms with E-state index in [1.54, 1.807) is 6.20 Å². The highest BCUT2D eigenvalue weighted by Gasteiger charge is 2.09. The van der Waals surface area contributed by atoms with E-state index >= 15 is 0 Å². The first-order valence-corrected chi connectivity index (χ1v) is 5.88. The predicted molar refractivity (Wildman–Crippen MR) is 71.5 cm³/mol. The molecule has 0 bridgehead atoms. The second-order valence-electron chi connectivity index (χ2n) is 4.21. The minimum Gasteiger partial charge on any atom is -0.326 e. The highest BCUT2D eigenvalue weighted by molar-refractivity contribution is 5.80. The lowest BCUT2D eigenvalue weighted by atomic mass is 10.1. The van der Waals surface area contributed by atoms with Crippen LogP contribution in [-0.4, -0.2) is 14.5 Å². The van der Waals surface area contributed by atoms with E-state index in [2.05, 4.69) is 11.1 Å². The molecule has 0 unspecified atom stereocenters. The molecule has 4 nitrogen and oxygen atoms in total. The summed E-state index contributed by atoms with van der Waals surface area (Å²) < 4.78 is 1.97. The number of nitrogens with two attached hydrogens (primary N) is 1. The topological polar surface area (TPSA) is 56.7 Å². The minimum atomic E-state index is 0.463. The maximum atomic E-state index is 5.82. The molecule has 18 heavy (non-hydrogen) atoms. The van der Waals surface area contributed by atoms with Crippen LogP contribution < -0.4 is 5.73 Å². The van der Waals surface area contributed by atoms with Gasteiger partial charge in [0.15, 0.2) is 0 Å². The highest BCUT2D eigenvalue weighted by Crippen LogP contribution is 2.20. The Morgan fingerprint density at radius 1 is 1.28 bits per heavy atom. The zero-order valence-electron chi connectivity index (χ0n) is 10.2. The fraction of sp³-hybridized carbons (Fsp3) is 0.143. The third kappa shape index (κ3) is 1.67. The Bertz CT molecular complexity index is 700. The lowest BCUT2D eigenvalue weighted by molar-refractivity contribution is 0.904. The van der Waals surface area contributed by atoms with Gasteiger partial charge in [0.25, 0.3) is 0 Å². The van der Waals surface area contributed by atoms with Crippen LogP contribution in [0.5, 0.6) is 0 Å². The molecule has 2 aromatic heterocycles. The first-order valence-electron chi connectivity index (χ1n) is 5.88. The molecule has 0 saturated heterocycles. The molecule has 1 aromatic carbocycles. The van der Waals surface area contributed by atoms with Gasteiger partial charge in [-0.3, -0.25) is 4.57 Å². The van der Waals surface area contributed by atoms with Crippen LogP contribution in [-0.2, 0) is 6.54 Å². The molecule has 3 aromatic rings. The molecular weight excluding hydrogens is 224 g/mol. The van der Waals surface area contributed by atoms with Crippen molar-refractivity contribution in [3.8, 4) is 5.82 Å². The average molecular weight is 238 g/mol. The van der Waals surface area contributed by atoms with Gasteiger partial charge in [0.05, 0.1) is 5.52 Å². The van der Waals surface area contributed by atoms with Crippen molar-refractivity contribution in [2.24, 2.45) is 5.73 Å². The molecule has 0 radical (unpaired) electrons. The monoisotopic (exact) mass is 238 g/mol. The Balaban J connectivity index is 2.31. The van der Waals surface area contributed by atoms with Crippen LogP contribution in [0.1, 0.15) is 11.4 Å². The molecule has 0 saturated carbocycles. The van der Waals surface area contributed by atoms with Crippen LogP contribution in [0.2, 0.25) is 0 Å². The number of para-hydroxylation sites is 1. The second kappa shape index (κ2) is 4.23. The average Bonchev–Trinajstić information content (AvgIpc) is 2.83. The maximum Gasteiger partial charge on any atom is 0.143 e. The van der Waals surface area contributed by atoms with Crippen LogP contribution in [0.15, 0.2) is 42.7 Å². The molecule has 4 heteroatoms. The predicted octanol–water partition coefficient (Wildman–Crippen LogP) is 2.19. The van der Waals surface area contributed by atoms with Gasteiger partial charge in [0, 0.05) is 29.9 Å². The second-order valence-corrected chi connectivity index (χ2v) is 4.21. The summed E-state index contributed by atoms with van der Waals surface area (Å²) in [6.07, 6.45) is 3.68. The third-order valence-corrected chi connectivity index (χ3v) is 3.05. The number of aryl methyl sites for hydroxylation is 1. The molecule has 0 atom stereocenters. The number of pyridine rings is 1. The maximum absolute atomic E-state index is 5.82. The SMILES string of the molecule is Cc1nccn1-c1nc2ccccc2cc1CN. The molecule has 2 N–H and O–H groups in total. The summed E-state index contributed by atoms with van der Waals surface area (Å²) in [5.41, 5.74) is 7.82. The molecule has 0 aliphatic rings. The Morgan fingerprint density at radius 3 is 2.83 bits per heavy atom. The van der Waals surface area contributed by atoms with E-state index in [1.807, 2.05) is 42.0 Å². The van der Waals surface area contributed by atoms with Gasteiger partial charge in [-0.1, -0.05) is 18.2 Å². The number of nitrogens with zero attached hydrogens (tertiary/aromatic N) is 3. The summed E-state index contributed by atoms with van der Waals surface area (Å²) in [7, 11) is 0. The van der Waals surface area contributed by atoms with Crippen LogP contribution in [0.4, 0.5) is 0 Å². The zero-order chi connectivity index (χ0) is 12.5. The van der Waals surface area contributed by atoms with Crippen molar-refractivity contribution in [3.05, 3.63) is 54.1 Å². The largest absolute Gasteiger partial charge is 0.326 e. The smallest absolute Gasteiger partial charge is 0.143 e. The molecule has 0 aliphatic heterocycles. The van der Waals surface area contributed by atoms with Gasteiger partial charge < -0.3 is 5.73 Å². The number of benzene rings is 1. The summed E-state index contributed by atoms with van der Waals surface area (Å²) >= 11 is 0. The van der Waals surface area contributed by atoms with E-state index in [0.29, 0.717) is 6.54 Å². The van der Waals surface area contributed by atoms with Crippen molar-refractivity contribution in [1.82, 2.24) is 14.5 Å². The Labute approximate surface area is 105 Å². The van der Waals surface area contributed by atoms with Crippen LogP contribution in [0.3, 0.4) is 0 Å². The zero-order valence-corrected chi connectivity index (χ0v) is 10.2. The summed E-state index contributed by atoms with van der Waals surface area (Å²) in [5, 5.41) is 1.11. The van der Waals surface area contributed by atoms with Crippen molar-refractivity contribution in [3.63, 3.8) is 0 Å². The van der Waals surface area contributed by atoms with E-state index in [1.165, 1.54) is 0 Å². The molecule has 3 rings (SSSR count). The molecular formula is C14H14N4. The molecule has 2 heterocycles. The summed E-state index contributed by atoms with van der Waals surface area (Å²) in [6, 6.07) is 10.1. The Morgan fingerprint density at radius 2 is 2.11 bits per heavy atom. The molecule has 0 fully saturated rings. The third-order valence-electron chi connectivity index (χ3n) is 3.05. The van der Waals surface area contributed by atoms with Gasteiger partial charge in [0.1, 0.15) is 11.6 Å². The lowest BCUT2D eigenvalue weighted by Gasteiger charge is -2.11. The Kier molecular flexibility index (Phi) is 2.57. The van der Waals surface area contributed by atoms with Gasteiger partial charge in [-0.05, 0) is 19.1 Å². The number of hydrogen-bond donors (Lipinski definition) is 1. The number of imidazole rings is 1. The minimum absolute atomic E-state index is 0.463. The highest BCUT2D eigenvalue weighted by atomic mass is 15.1. The van der Waals surface area contributed by atoms with Gasteiger partial charge in [0.2, 0.25) is 0 Å². The van der Waals surface area contributed by atoms with E-state index in [9.17, 15) is 0 Å². The summed E-state index contributed by atoms with van der Waals surface area (Å²) in [5.74, 6) is 1.78. The molecule has 90 valence electrons. The van der Waals surface area contributed by atoms with E-state index in [0.717, 1.165) is 28.1 Å². The van der Waals surface area contributed by atoms with Crippen LogP contribution in [0, 0.1) is 6.92 Å². The fourth-order valence-corrected chi connectivity index (χ4v) is 2.11. The van der Waals surface area contributed by atoms with Crippen LogP contribution in [0.25, 0.3) is 16.7 Å². The number of hydrogen-bond acceptors (Lipinski definition) is 3. The van der Waals surface area contributed by atoms with Gasteiger partial charge >= 0.3 is 0 Å².